The first-order valence-corrected chi connectivity index (χ1v) is 8.82. The summed E-state index contributed by atoms with van der Waals surface area (Å²) in [7, 11) is 4.19. The van der Waals surface area contributed by atoms with Gasteiger partial charge in [-0.25, -0.2) is 0 Å². The fourth-order valence-electron chi connectivity index (χ4n) is 2.39. The van der Waals surface area contributed by atoms with Crippen LogP contribution in [0.2, 0.25) is 0 Å². The van der Waals surface area contributed by atoms with Gasteiger partial charge in [0, 0.05) is 13.0 Å². The number of aliphatic hydroxyl groups excluding tert-OH is 1. The number of hydrogen-bond donors (Lipinski definition) is 1. The van der Waals surface area contributed by atoms with Crippen LogP contribution in [0.25, 0.3) is 0 Å². The van der Waals surface area contributed by atoms with E-state index in [0.29, 0.717) is 6.42 Å². The van der Waals surface area contributed by atoms with Crippen LogP contribution < -0.4 is 0 Å². The average molecular weight is 314 g/mol. The molecule has 0 aliphatic carbocycles. The number of likely N-dealkylation sites (N-methyl/N-ethyl adjacent to an activating group) is 2. The lowest BCUT2D eigenvalue weighted by molar-refractivity contribution is -0.890. The van der Waals surface area contributed by atoms with Gasteiger partial charge in [0.05, 0.1) is 33.8 Å². The van der Waals surface area contributed by atoms with E-state index >= 15 is 0 Å². The van der Waals surface area contributed by atoms with Gasteiger partial charge < -0.3 is 14.5 Å². The maximum absolute atomic E-state index is 12.2. The van der Waals surface area contributed by atoms with Crippen LogP contribution in [-0.4, -0.2) is 67.3 Å². The van der Waals surface area contributed by atoms with Crippen molar-refractivity contribution in [2.45, 2.75) is 52.4 Å². The predicted molar refractivity (Wildman–Crippen MR) is 93.7 cm³/mol. The fraction of sp³-hybridized carbons (Fsp3) is 0.833. The molecule has 130 valence electrons. The monoisotopic (exact) mass is 313 g/mol. The Bertz CT molecular complexity index is 314. The Hall–Kier alpha value is -0.870. The Morgan fingerprint density at radius 1 is 1.09 bits per heavy atom. The van der Waals surface area contributed by atoms with Crippen LogP contribution in [0.15, 0.2) is 12.2 Å². The van der Waals surface area contributed by atoms with Crippen LogP contribution in [0.5, 0.6) is 0 Å². The zero-order valence-corrected chi connectivity index (χ0v) is 15.2. The molecule has 0 fully saturated rings. The van der Waals surface area contributed by atoms with Crippen molar-refractivity contribution >= 4 is 5.91 Å². The second-order valence-corrected chi connectivity index (χ2v) is 6.56. The highest BCUT2D eigenvalue weighted by molar-refractivity contribution is 5.76. The summed E-state index contributed by atoms with van der Waals surface area (Å²) in [6, 6.07) is 0. The lowest BCUT2D eigenvalue weighted by Gasteiger charge is -2.32. The summed E-state index contributed by atoms with van der Waals surface area (Å²) in [5.41, 5.74) is 0. The van der Waals surface area contributed by atoms with Crippen molar-refractivity contribution in [3.8, 4) is 0 Å². The first-order valence-electron chi connectivity index (χ1n) is 8.82. The number of carbonyl (C=O) groups excluding carboxylic acids is 1. The number of rotatable bonds is 13. The lowest BCUT2D eigenvalue weighted by Crippen LogP contribution is -2.48. The van der Waals surface area contributed by atoms with E-state index in [2.05, 4.69) is 33.2 Å². The largest absolute Gasteiger partial charge is 0.391 e. The van der Waals surface area contributed by atoms with E-state index in [4.69, 9.17) is 5.11 Å². The Kier molecular flexibility index (Phi) is 12.2. The van der Waals surface area contributed by atoms with Crippen LogP contribution >= 0.6 is 0 Å². The van der Waals surface area contributed by atoms with Crippen LogP contribution in [0.3, 0.4) is 0 Å². The number of carbonyl (C=O) groups is 1. The number of hydrogen-bond acceptors (Lipinski definition) is 2. The summed E-state index contributed by atoms with van der Waals surface area (Å²) in [6.45, 7) is 7.56. The summed E-state index contributed by atoms with van der Waals surface area (Å²) in [4.78, 5) is 14.2. The van der Waals surface area contributed by atoms with Crippen molar-refractivity contribution in [2.24, 2.45) is 0 Å². The van der Waals surface area contributed by atoms with Crippen LogP contribution in [0, 0.1) is 0 Å². The molecule has 0 atom stereocenters. The van der Waals surface area contributed by atoms with E-state index in [1.807, 2.05) is 11.8 Å². The zero-order chi connectivity index (χ0) is 16.8. The topological polar surface area (TPSA) is 40.5 Å². The van der Waals surface area contributed by atoms with Crippen molar-refractivity contribution in [1.29, 1.82) is 0 Å². The minimum absolute atomic E-state index is 0.194. The molecule has 1 amide bonds. The van der Waals surface area contributed by atoms with Gasteiger partial charge in [-0.05, 0) is 32.6 Å². The minimum Gasteiger partial charge on any atom is -0.391 e. The molecule has 1 N–H and O–H groups in total. The molecule has 0 saturated carbocycles. The maximum Gasteiger partial charge on any atom is 0.222 e. The van der Waals surface area contributed by atoms with E-state index in [1.165, 1.54) is 6.42 Å². The molecule has 0 rings (SSSR count). The van der Waals surface area contributed by atoms with Gasteiger partial charge in [-0.15, -0.1) is 0 Å². The summed E-state index contributed by atoms with van der Waals surface area (Å²) < 4.78 is 0.754. The maximum atomic E-state index is 12.2. The molecular formula is C18H37N2O2+. The summed E-state index contributed by atoms with van der Waals surface area (Å²) >= 11 is 0. The number of allylic oxidation sites excluding steroid dienone is 2. The molecule has 0 aliphatic heterocycles. The molecule has 0 aromatic carbocycles. The van der Waals surface area contributed by atoms with Gasteiger partial charge in [-0.2, -0.15) is 0 Å². The highest BCUT2D eigenvalue weighted by atomic mass is 16.3. The second kappa shape index (κ2) is 12.7. The van der Waals surface area contributed by atoms with Gasteiger partial charge in [0.1, 0.15) is 6.54 Å². The van der Waals surface area contributed by atoms with E-state index in [1.54, 1.807) is 0 Å². The van der Waals surface area contributed by atoms with E-state index in [0.717, 1.165) is 56.3 Å². The van der Waals surface area contributed by atoms with Gasteiger partial charge in [0.2, 0.25) is 5.91 Å². The summed E-state index contributed by atoms with van der Waals surface area (Å²) in [5.74, 6) is 0.274. The Morgan fingerprint density at radius 3 is 2.41 bits per heavy atom. The first kappa shape index (κ1) is 21.1. The molecule has 0 spiro atoms. The molecule has 4 heteroatoms. The molecule has 4 nitrogen and oxygen atoms in total. The molecule has 0 aromatic heterocycles. The summed E-state index contributed by atoms with van der Waals surface area (Å²) in [6.07, 6.45) is 10.6. The van der Waals surface area contributed by atoms with E-state index in [9.17, 15) is 4.79 Å². The smallest absolute Gasteiger partial charge is 0.222 e. The molecule has 0 radical (unpaired) electrons. The van der Waals surface area contributed by atoms with Gasteiger partial charge in [0.25, 0.3) is 0 Å². The average Bonchev–Trinajstić information content (AvgIpc) is 2.46. The number of unbranched alkanes of at least 4 members (excludes halogenated alkanes) is 3. The van der Waals surface area contributed by atoms with Crippen molar-refractivity contribution < 1.29 is 14.4 Å². The van der Waals surface area contributed by atoms with Crippen molar-refractivity contribution in [3.63, 3.8) is 0 Å². The molecule has 22 heavy (non-hydrogen) atoms. The van der Waals surface area contributed by atoms with Crippen molar-refractivity contribution in [2.75, 3.05) is 46.9 Å². The quantitative estimate of drug-likeness (QED) is 0.323. The lowest BCUT2D eigenvalue weighted by atomic mass is 10.1. The van der Waals surface area contributed by atoms with Gasteiger partial charge in [-0.3, -0.25) is 4.79 Å². The minimum atomic E-state index is 0.194. The third-order valence-corrected chi connectivity index (χ3v) is 4.08. The van der Waals surface area contributed by atoms with Gasteiger partial charge in [-0.1, -0.05) is 25.5 Å². The SMILES string of the molecule is CC/C=C/CCCCCC(=O)N(CC)CC[N+](C)(C)CCO. The summed E-state index contributed by atoms with van der Waals surface area (Å²) in [5, 5.41) is 9.05. The van der Waals surface area contributed by atoms with Crippen LogP contribution in [0.1, 0.15) is 52.4 Å². The van der Waals surface area contributed by atoms with E-state index in [-0.39, 0.29) is 12.5 Å². The molecule has 0 aromatic rings. The first-order chi connectivity index (χ1) is 10.5. The highest BCUT2D eigenvalue weighted by Crippen LogP contribution is 2.07. The molecule has 0 aliphatic rings. The molecular weight excluding hydrogens is 276 g/mol. The standard InChI is InChI=1S/C18H37N2O2/c1-5-7-8-9-10-11-12-13-18(22)19(6-2)14-15-20(3,4)16-17-21/h7-8,21H,5-6,9-17H2,1-4H3/q+1/b8-7+. The van der Waals surface area contributed by atoms with Crippen LogP contribution in [-0.2, 0) is 4.79 Å². The Balaban J connectivity index is 3.92. The fourth-order valence-corrected chi connectivity index (χ4v) is 2.39. The Morgan fingerprint density at radius 2 is 1.82 bits per heavy atom. The number of quaternary nitrogens is 1. The van der Waals surface area contributed by atoms with Gasteiger partial charge in [0.15, 0.2) is 0 Å². The van der Waals surface area contributed by atoms with Crippen LogP contribution in [0.4, 0.5) is 0 Å². The molecule has 0 bridgehead atoms. The molecule has 0 unspecified atom stereocenters. The third-order valence-electron chi connectivity index (χ3n) is 4.08. The highest BCUT2D eigenvalue weighted by Gasteiger charge is 2.18. The second-order valence-electron chi connectivity index (χ2n) is 6.56. The molecule has 0 saturated heterocycles. The number of amides is 1. The zero-order valence-electron chi connectivity index (χ0n) is 15.2. The number of aliphatic hydroxyl groups is 1. The third kappa shape index (κ3) is 10.8. The van der Waals surface area contributed by atoms with Crippen molar-refractivity contribution in [1.82, 2.24) is 4.90 Å². The van der Waals surface area contributed by atoms with E-state index < -0.39 is 0 Å². The Labute approximate surface area is 137 Å². The normalized spacial score (nSPS) is 12.0. The van der Waals surface area contributed by atoms with Gasteiger partial charge >= 0.3 is 0 Å². The predicted octanol–water partition coefficient (Wildman–Crippen LogP) is 2.82. The molecule has 0 heterocycles. The number of nitrogens with zero attached hydrogens (tertiary/aromatic N) is 2. The van der Waals surface area contributed by atoms with Crippen molar-refractivity contribution in [3.05, 3.63) is 12.2 Å².